The first-order valence-electron chi connectivity index (χ1n) is 8.81. The molecule has 9 nitrogen and oxygen atoms in total. The molecule has 0 saturated carbocycles. The van der Waals surface area contributed by atoms with Gasteiger partial charge >= 0.3 is 11.9 Å². The molecule has 0 aliphatic carbocycles. The van der Waals surface area contributed by atoms with Gasteiger partial charge in [0.15, 0.2) is 17.2 Å². The molecule has 11 heteroatoms. The maximum atomic E-state index is 12.3. The molecule has 0 bridgehead atoms. The molecule has 1 aliphatic heterocycles. The second-order valence-electron chi connectivity index (χ2n) is 6.12. The zero-order valence-corrected chi connectivity index (χ0v) is 17.7. The molecular formula is C20H14Cl2N2O7. The molecule has 0 aromatic heterocycles. The van der Waals surface area contributed by atoms with Crippen molar-refractivity contribution in [2.75, 3.05) is 6.61 Å². The van der Waals surface area contributed by atoms with Crippen LogP contribution in [0.25, 0.3) is 6.08 Å². The smallest absolute Gasteiger partial charge is 0.363 e. The Kier molecular flexibility index (Phi) is 6.57. The standard InChI is InChI=1S/C20H14Cl2N2O7/c1-3-29-17-8-11(6-14(22)18(17)30-10(2)25)7-15-20(26)31-19(23-15)12-4-5-13(21)16(9-12)24(27)28/h4-9H,3H2,1-2H3. The average molecular weight is 465 g/mol. The summed E-state index contributed by atoms with van der Waals surface area (Å²) in [7, 11) is 0. The molecule has 0 radical (unpaired) electrons. The zero-order valence-electron chi connectivity index (χ0n) is 16.2. The monoisotopic (exact) mass is 464 g/mol. The van der Waals surface area contributed by atoms with Crippen LogP contribution in [0.1, 0.15) is 25.0 Å². The number of nitrogens with zero attached hydrogens (tertiary/aromatic N) is 2. The Morgan fingerprint density at radius 2 is 2.00 bits per heavy atom. The van der Waals surface area contributed by atoms with Crippen LogP contribution in [0.5, 0.6) is 11.5 Å². The third-order valence-corrected chi connectivity index (χ3v) is 4.49. The van der Waals surface area contributed by atoms with Gasteiger partial charge in [0.2, 0.25) is 5.90 Å². The van der Waals surface area contributed by atoms with Crippen LogP contribution < -0.4 is 9.47 Å². The Labute approximate surface area is 186 Å². The lowest BCUT2D eigenvalue weighted by atomic mass is 10.1. The van der Waals surface area contributed by atoms with E-state index in [-0.39, 0.29) is 51.0 Å². The molecule has 1 aliphatic rings. The molecule has 3 rings (SSSR count). The average Bonchev–Trinajstić information content (AvgIpc) is 3.05. The Morgan fingerprint density at radius 3 is 2.65 bits per heavy atom. The predicted molar refractivity (Wildman–Crippen MR) is 113 cm³/mol. The van der Waals surface area contributed by atoms with E-state index in [1.165, 1.54) is 37.3 Å². The minimum Gasteiger partial charge on any atom is -0.490 e. The third-order valence-electron chi connectivity index (χ3n) is 3.89. The summed E-state index contributed by atoms with van der Waals surface area (Å²) in [6.45, 7) is 3.25. The van der Waals surface area contributed by atoms with Crippen LogP contribution in [-0.2, 0) is 14.3 Å². The number of hydrogen-bond donors (Lipinski definition) is 0. The fourth-order valence-corrected chi connectivity index (χ4v) is 3.10. The number of nitro groups is 1. The number of hydrogen-bond acceptors (Lipinski definition) is 8. The van der Waals surface area contributed by atoms with E-state index < -0.39 is 16.9 Å². The summed E-state index contributed by atoms with van der Waals surface area (Å²) < 4.78 is 15.7. The van der Waals surface area contributed by atoms with E-state index in [1.807, 2.05) is 0 Å². The highest BCUT2D eigenvalue weighted by molar-refractivity contribution is 6.33. The van der Waals surface area contributed by atoms with Crippen molar-refractivity contribution in [3.63, 3.8) is 0 Å². The summed E-state index contributed by atoms with van der Waals surface area (Å²) in [4.78, 5) is 38.1. The summed E-state index contributed by atoms with van der Waals surface area (Å²) in [6.07, 6.45) is 1.39. The van der Waals surface area contributed by atoms with E-state index in [4.69, 9.17) is 37.4 Å². The molecule has 0 N–H and O–H groups in total. The summed E-state index contributed by atoms with van der Waals surface area (Å²) >= 11 is 12.0. The molecule has 0 saturated heterocycles. The van der Waals surface area contributed by atoms with Gasteiger partial charge in [-0.25, -0.2) is 9.79 Å². The highest BCUT2D eigenvalue weighted by Crippen LogP contribution is 2.38. The normalized spacial score (nSPS) is 14.3. The maximum absolute atomic E-state index is 12.3. The summed E-state index contributed by atoms with van der Waals surface area (Å²) in [5.74, 6) is -1.17. The van der Waals surface area contributed by atoms with Crippen molar-refractivity contribution in [1.82, 2.24) is 0 Å². The van der Waals surface area contributed by atoms with Crippen LogP contribution >= 0.6 is 23.2 Å². The quantitative estimate of drug-likeness (QED) is 0.202. The van der Waals surface area contributed by atoms with Gasteiger partial charge in [0, 0.05) is 18.6 Å². The maximum Gasteiger partial charge on any atom is 0.363 e. The lowest BCUT2D eigenvalue weighted by molar-refractivity contribution is -0.384. The molecule has 0 amide bonds. The highest BCUT2D eigenvalue weighted by atomic mass is 35.5. The van der Waals surface area contributed by atoms with Crippen LogP contribution in [0.2, 0.25) is 10.0 Å². The van der Waals surface area contributed by atoms with Crippen LogP contribution in [0.4, 0.5) is 5.69 Å². The fraction of sp³-hybridized carbons (Fsp3) is 0.150. The lowest BCUT2D eigenvalue weighted by Gasteiger charge is -2.12. The van der Waals surface area contributed by atoms with Gasteiger partial charge in [-0.05, 0) is 42.8 Å². The predicted octanol–water partition coefficient (Wildman–Crippen LogP) is 4.57. The van der Waals surface area contributed by atoms with Gasteiger partial charge in [-0.15, -0.1) is 0 Å². The van der Waals surface area contributed by atoms with Crippen molar-refractivity contribution in [2.45, 2.75) is 13.8 Å². The molecule has 31 heavy (non-hydrogen) atoms. The number of carbonyl (C=O) groups is 2. The highest BCUT2D eigenvalue weighted by Gasteiger charge is 2.26. The molecule has 160 valence electrons. The Hall–Kier alpha value is -3.43. The van der Waals surface area contributed by atoms with Gasteiger partial charge in [0.05, 0.1) is 16.6 Å². The van der Waals surface area contributed by atoms with E-state index >= 15 is 0 Å². The molecule has 2 aromatic carbocycles. The largest absolute Gasteiger partial charge is 0.490 e. The first-order chi connectivity index (χ1) is 14.7. The van der Waals surface area contributed by atoms with E-state index in [1.54, 1.807) is 6.92 Å². The molecular weight excluding hydrogens is 451 g/mol. The molecule has 2 aromatic rings. The SMILES string of the molecule is CCOc1cc(C=C2N=C(c3ccc(Cl)c([N+](=O)[O-])c3)OC2=O)cc(Cl)c1OC(C)=O. The van der Waals surface area contributed by atoms with Gasteiger partial charge in [0.1, 0.15) is 5.02 Å². The van der Waals surface area contributed by atoms with Gasteiger partial charge in [-0.3, -0.25) is 14.9 Å². The second kappa shape index (κ2) is 9.15. The van der Waals surface area contributed by atoms with Gasteiger partial charge < -0.3 is 14.2 Å². The Balaban J connectivity index is 1.99. The van der Waals surface area contributed by atoms with Gasteiger partial charge in [-0.1, -0.05) is 23.2 Å². The van der Waals surface area contributed by atoms with Crippen molar-refractivity contribution in [2.24, 2.45) is 4.99 Å². The van der Waals surface area contributed by atoms with Crippen LogP contribution in [0.15, 0.2) is 41.0 Å². The number of benzene rings is 2. The molecule has 0 atom stereocenters. The number of ether oxygens (including phenoxy) is 3. The number of carbonyl (C=O) groups excluding carboxylic acids is 2. The van der Waals surface area contributed by atoms with Crippen LogP contribution in [-0.4, -0.2) is 29.4 Å². The lowest BCUT2D eigenvalue weighted by Crippen LogP contribution is -2.06. The van der Waals surface area contributed by atoms with Crippen molar-refractivity contribution in [3.8, 4) is 11.5 Å². The Bertz CT molecular complexity index is 1160. The van der Waals surface area contributed by atoms with Crippen LogP contribution in [0.3, 0.4) is 0 Å². The van der Waals surface area contributed by atoms with Crippen molar-refractivity contribution >= 4 is 52.8 Å². The first kappa shape index (κ1) is 22.3. The van der Waals surface area contributed by atoms with Gasteiger partial charge in [0.25, 0.3) is 5.69 Å². The molecule has 1 heterocycles. The minimum atomic E-state index is -0.759. The number of aliphatic imine (C=N–C) groups is 1. The van der Waals surface area contributed by atoms with Crippen LogP contribution in [0, 0.1) is 10.1 Å². The topological polar surface area (TPSA) is 117 Å². The molecule has 0 spiro atoms. The second-order valence-corrected chi connectivity index (χ2v) is 6.93. The van der Waals surface area contributed by atoms with Crippen molar-refractivity contribution in [3.05, 3.63) is 67.3 Å². The molecule has 0 fully saturated rings. The molecule has 0 unspecified atom stereocenters. The number of rotatable bonds is 6. The van der Waals surface area contributed by atoms with Crippen molar-refractivity contribution in [1.29, 1.82) is 0 Å². The Morgan fingerprint density at radius 1 is 1.26 bits per heavy atom. The van der Waals surface area contributed by atoms with Crippen molar-refractivity contribution < 1.29 is 28.7 Å². The number of nitro benzene ring substituents is 1. The first-order valence-corrected chi connectivity index (χ1v) is 9.56. The third kappa shape index (κ3) is 5.01. The number of esters is 2. The van der Waals surface area contributed by atoms with E-state index in [0.717, 1.165) is 6.07 Å². The summed E-state index contributed by atoms with van der Waals surface area (Å²) in [6, 6.07) is 6.91. The summed E-state index contributed by atoms with van der Waals surface area (Å²) in [5.41, 5.74) is 0.241. The van der Waals surface area contributed by atoms with Gasteiger partial charge in [-0.2, -0.15) is 0 Å². The minimum absolute atomic E-state index is 0.0552. The van der Waals surface area contributed by atoms with E-state index in [9.17, 15) is 19.7 Å². The number of halogens is 2. The summed E-state index contributed by atoms with van der Waals surface area (Å²) in [5, 5.41) is 11.1. The van der Waals surface area contributed by atoms with E-state index in [0.29, 0.717) is 5.56 Å². The fourth-order valence-electron chi connectivity index (χ4n) is 2.65. The number of cyclic esters (lactones) is 1. The zero-order chi connectivity index (χ0) is 22.7. The van der Waals surface area contributed by atoms with E-state index in [2.05, 4.69) is 4.99 Å².